The molecular weight excluding hydrogens is 256 g/mol. The van der Waals surface area contributed by atoms with Crippen LogP contribution in [0.2, 0.25) is 0 Å². The van der Waals surface area contributed by atoms with Crippen LogP contribution in [-0.2, 0) is 0 Å². The molecule has 21 heavy (non-hydrogen) atoms. The quantitative estimate of drug-likeness (QED) is 0.806. The first kappa shape index (κ1) is 17.3. The van der Waals surface area contributed by atoms with Gasteiger partial charge < -0.3 is 10.2 Å². The Kier molecular flexibility index (Phi) is 5.76. The average molecular weight is 295 g/mol. The number of rotatable bonds is 5. The highest BCUT2D eigenvalue weighted by Gasteiger charge is 2.37. The van der Waals surface area contributed by atoms with Crippen LogP contribution in [0.4, 0.5) is 0 Å². The van der Waals surface area contributed by atoms with E-state index >= 15 is 0 Å². The van der Waals surface area contributed by atoms with Crippen molar-refractivity contribution in [3.63, 3.8) is 0 Å². The van der Waals surface area contributed by atoms with Crippen molar-refractivity contribution in [3.8, 4) is 0 Å². The van der Waals surface area contributed by atoms with Crippen molar-refractivity contribution in [1.29, 1.82) is 0 Å². The zero-order valence-electron chi connectivity index (χ0n) is 15.2. The molecule has 2 unspecified atom stereocenters. The molecule has 124 valence electrons. The van der Waals surface area contributed by atoms with Gasteiger partial charge in [-0.2, -0.15) is 0 Å². The highest BCUT2D eigenvalue weighted by molar-refractivity contribution is 4.92. The van der Waals surface area contributed by atoms with Gasteiger partial charge in [-0.1, -0.05) is 32.6 Å². The molecule has 0 aromatic rings. The first-order valence-electron chi connectivity index (χ1n) is 9.25. The van der Waals surface area contributed by atoms with Gasteiger partial charge in [0.05, 0.1) is 0 Å². The highest BCUT2D eigenvalue weighted by Crippen LogP contribution is 2.40. The summed E-state index contributed by atoms with van der Waals surface area (Å²) < 4.78 is 0. The van der Waals surface area contributed by atoms with Gasteiger partial charge in [-0.15, -0.1) is 0 Å². The summed E-state index contributed by atoms with van der Waals surface area (Å²) in [6.07, 6.45) is 11.4. The molecule has 2 nitrogen and oxygen atoms in total. The Morgan fingerprint density at radius 3 is 2.33 bits per heavy atom. The van der Waals surface area contributed by atoms with Crippen LogP contribution < -0.4 is 5.32 Å². The molecule has 2 saturated carbocycles. The fourth-order valence-electron chi connectivity index (χ4n) is 4.43. The summed E-state index contributed by atoms with van der Waals surface area (Å²) in [6.45, 7) is 11.8. The lowest BCUT2D eigenvalue weighted by Gasteiger charge is -2.41. The summed E-state index contributed by atoms with van der Waals surface area (Å²) in [6, 6.07) is 0.834. The Labute approximate surface area is 133 Å². The van der Waals surface area contributed by atoms with E-state index in [0.29, 0.717) is 5.41 Å². The number of hydrogen-bond donors (Lipinski definition) is 1. The molecular formula is C19H38N2. The molecule has 2 fully saturated rings. The van der Waals surface area contributed by atoms with Crippen LogP contribution in [0.5, 0.6) is 0 Å². The molecule has 0 aromatic heterocycles. The lowest BCUT2D eigenvalue weighted by molar-refractivity contribution is 0.0963. The molecule has 2 aliphatic carbocycles. The molecule has 1 N–H and O–H groups in total. The molecule has 2 atom stereocenters. The van der Waals surface area contributed by atoms with E-state index in [-0.39, 0.29) is 5.54 Å². The minimum absolute atomic E-state index is 0.244. The Bertz CT molecular complexity index is 312. The monoisotopic (exact) mass is 294 g/mol. The van der Waals surface area contributed by atoms with Crippen molar-refractivity contribution >= 4 is 0 Å². The van der Waals surface area contributed by atoms with Crippen LogP contribution in [0, 0.1) is 11.3 Å². The second-order valence-corrected chi connectivity index (χ2v) is 9.15. The summed E-state index contributed by atoms with van der Waals surface area (Å²) in [7, 11) is 2.39. The second kappa shape index (κ2) is 7.00. The molecule has 0 amide bonds. The van der Waals surface area contributed by atoms with Crippen LogP contribution >= 0.6 is 0 Å². The van der Waals surface area contributed by atoms with Gasteiger partial charge in [-0.25, -0.2) is 0 Å². The molecule has 0 spiro atoms. The summed E-state index contributed by atoms with van der Waals surface area (Å²) >= 11 is 0. The highest BCUT2D eigenvalue weighted by atomic mass is 15.1. The van der Waals surface area contributed by atoms with Gasteiger partial charge in [0.2, 0.25) is 0 Å². The third-order valence-corrected chi connectivity index (χ3v) is 5.77. The van der Waals surface area contributed by atoms with E-state index < -0.39 is 0 Å². The minimum atomic E-state index is 0.244. The SMILES string of the molecule is CC1CCCC(N(C)CC2(CNC(C)(C)C)CCCC2)C1. The van der Waals surface area contributed by atoms with Gasteiger partial charge in [0.1, 0.15) is 0 Å². The zero-order valence-corrected chi connectivity index (χ0v) is 15.2. The smallest absolute Gasteiger partial charge is 0.00967 e. The number of nitrogens with zero attached hydrogens (tertiary/aromatic N) is 1. The fraction of sp³-hybridized carbons (Fsp3) is 1.00. The zero-order chi connectivity index (χ0) is 15.5. The lowest BCUT2D eigenvalue weighted by atomic mass is 9.82. The third-order valence-electron chi connectivity index (χ3n) is 5.77. The maximum absolute atomic E-state index is 3.80. The lowest BCUT2D eigenvalue weighted by Crippen LogP contribution is -2.49. The Hall–Kier alpha value is -0.0800. The maximum Gasteiger partial charge on any atom is 0.00967 e. The van der Waals surface area contributed by atoms with E-state index in [2.05, 4.69) is 45.0 Å². The molecule has 0 heterocycles. The number of hydrogen-bond acceptors (Lipinski definition) is 2. The fourth-order valence-corrected chi connectivity index (χ4v) is 4.43. The second-order valence-electron chi connectivity index (χ2n) is 9.15. The van der Waals surface area contributed by atoms with Crippen LogP contribution in [0.1, 0.15) is 79.1 Å². The van der Waals surface area contributed by atoms with Gasteiger partial charge in [-0.3, -0.25) is 0 Å². The third kappa shape index (κ3) is 5.25. The van der Waals surface area contributed by atoms with E-state index in [4.69, 9.17) is 0 Å². The van der Waals surface area contributed by atoms with Gasteiger partial charge in [0, 0.05) is 24.7 Å². The van der Waals surface area contributed by atoms with Gasteiger partial charge >= 0.3 is 0 Å². The molecule has 2 heteroatoms. The normalized spacial score (nSPS) is 30.0. The molecule has 2 aliphatic rings. The van der Waals surface area contributed by atoms with Crippen LogP contribution in [0.15, 0.2) is 0 Å². The molecule has 0 aliphatic heterocycles. The minimum Gasteiger partial charge on any atom is -0.311 e. The van der Waals surface area contributed by atoms with Crippen molar-refractivity contribution in [2.24, 2.45) is 11.3 Å². The van der Waals surface area contributed by atoms with Crippen molar-refractivity contribution < 1.29 is 0 Å². The van der Waals surface area contributed by atoms with Crippen LogP contribution in [-0.4, -0.2) is 36.6 Å². The van der Waals surface area contributed by atoms with E-state index in [9.17, 15) is 0 Å². The summed E-state index contributed by atoms with van der Waals surface area (Å²) in [5.41, 5.74) is 0.774. The molecule has 0 bridgehead atoms. The summed E-state index contributed by atoms with van der Waals surface area (Å²) in [5.74, 6) is 0.929. The van der Waals surface area contributed by atoms with Gasteiger partial charge in [0.25, 0.3) is 0 Å². The molecule has 0 saturated heterocycles. The predicted molar refractivity (Wildman–Crippen MR) is 92.7 cm³/mol. The number of nitrogens with one attached hydrogen (secondary N) is 1. The standard InChI is InChI=1S/C19H38N2/c1-16-9-8-10-17(13-16)21(5)15-19(11-6-7-12-19)14-20-18(2,3)4/h16-17,20H,6-15H2,1-5H3. The van der Waals surface area contributed by atoms with E-state index in [0.717, 1.165) is 12.0 Å². The van der Waals surface area contributed by atoms with E-state index in [1.54, 1.807) is 0 Å². The first-order chi connectivity index (χ1) is 9.80. The Balaban J connectivity index is 1.92. The van der Waals surface area contributed by atoms with Crippen molar-refractivity contribution in [3.05, 3.63) is 0 Å². The van der Waals surface area contributed by atoms with Crippen LogP contribution in [0.3, 0.4) is 0 Å². The molecule has 2 rings (SSSR count). The van der Waals surface area contributed by atoms with Crippen molar-refractivity contribution in [1.82, 2.24) is 10.2 Å². The maximum atomic E-state index is 3.80. The van der Waals surface area contributed by atoms with Crippen LogP contribution in [0.25, 0.3) is 0 Å². The van der Waals surface area contributed by atoms with E-state index in [1.807, 2.05) is 0 Å². The summed E-state index contributed by atoms with van der Waals surface area (Å²) in [5, 5.41) is 3.80. The van der Waals surface area contributed by atoms with Crippen molar-refractivity contribution in [2.45, 2.75) is 90.6 Å². The van der Waals surface area contributed by atoms with E-state index in [1.165, 1.54) is 64.5 Å². The van der Waals surface area contributed by atoms with Gasteiger partial charge in [-0.05, 0) is 64.8 Å². The van der Waals surface area contributed by atoms with Gasteiger partial charge in [0.15, 0.2) is 0 Å². The topological polar surface area (TPSA) is 15.3 Å². The molecule has 0 aromatic carbocycles. The first-order valence-corrected chi connectivity index (χ1v) is 9.25. The average Bonchev–Trinajstić information content (AvgIpc) is 2.85. The largest absolute Gasteiger partial charge is 0.311 e. The summed E-state index contributed by atoms with van der Waals surface area (Å²) in [4.78, 5) is 2.71. The Morgan fingerprint density at radius 1 is 1.10 bits per heavy atom. The predicted octanol–water partition coefficient (Wildman–Crippen LogP) is 4.45. The van der Waals surface area contributed by atoms with Crippen molar-refractivity contribution in [2.75, 3.05) is 20.1 Å². The molecule has 0 radical (unpaired) electrons. The Morgan fingerprint density at radius 2 is 1.76 bits per heavy atom.